The van der Waals surface area contributed by atoms with E-state index in [1.165, 1.54) is 6.07 Å². The molecule has 1 amide bonds. The third-order valence-corrected chi connectivity index (χ3v) is 6.23. The van der Waals surface area contributed by atoms with Crippen LogP contribution in [-0.4, -0.2) is 29.9 Å². The van der Waals surface area contributed by atoms with E-state index in [1.807, 2.05) is 0 Å². The molecule has 0 aliphatic carbocycles. The first-order chi connectivity index (χ1) is 17.4. The van der Waals surface area contributed by atoms with Crippen molar-refractivity contribution in [3.05, 3.63) is 88.3 Å². The van der Waals surface area contributed by atoms with Crippen molar-refractivity contribution in [1.82, 2.24) is 4.98 Å². The number of ketones is 1. The second-order valence-electron chi connectivity index (χ2n) is 7.67. The smallest absolute Gasteiger partial charge is 0.255 e. The molecule has 0 fully saturated rings. The van der Waals surface area contributed by atoms with Gasteiger partial charge in [-0.15, -0.1) is 0 Å². The van der Waals surface area contributed by atoms with Gasteiger partial charge in [0, 0.05) is 23.0 Å². The third kappa shape index (κ3) is 4.68. The van der Waals surface area contributed by atoms with Gasteiger partial charge in [0.05, 0.1) is 5.56 Å². The summed E-state index contributed by atoms with van der Waals surface area (Å²) in [6.07, 6.45) is 0. The largest absolute Gasteiger partial charge is 0.486 e. The third-order valence-electron chi connectivity index (χ3n) is 5.25. The highest BCUT2D eigenvalue weighted by molar-refractivity contribution is 7.18. The first kappa shape index (κ1) is 23.2. The van der Waals surface area contributed by atoms with Crippen LogP contribution in [0.3, 0.4) is 0 Å². The summed E-state index contributed by atoms with van der Waals surface area (Å²) >= 11 is 0.867. The molecule has 4 N–H and O–H groups in total. The van der Waals surface area contributed by atoms with Crippen molar-refractivity contribution in [3.63, 3.8) is 0 Å². The lowest BCUT2D eigenvalue weighted by molar-refractivity contribution is 0.102. The van der Waals surface area contributed by atoms with Gasteiger partial charge >= 0.3 is 0 Å². The van der Waals surface area contributed by atoms with Gasteiger partial charge in [0.2, 0.25) is 5.78 Å². The zero-order valence-corrected chi connectivity index (χ0v) is 19.3. The molecule has 0 radical (unpaired) electrons. The number of nitrogens with zero attached hydrogens (tertiary/aromatic N) is 1. The molecule has 182 valence electrons. The molecule has 1 aliphatic heterocycles. The second-order valence-corrected chi connectivity index (χ2v) is 8.67. The molecule has 0 unspecified atom stereocenters. The van der Waals surface area contributed by atoms with Gasteiger partial charge in [-0.2, -0.15) is 0 Å². The van der Waals surface area contributed by atoms with E-state index in [-0.39, 0.29) is 21.7 Å². The van der Waals surface area contributed by atoms with Crippen molar-refractivity contribution in [2.45, 2.75) is 0 Å². The zero-order chi connectivity index (χ0) is 25.2. The zero-order valence-electron chi connectivity index (χ0n) is 18.5. The number of hydrogen-bond acceptors (Lipinski definition) is 8. The second kappa shape index (κ2) is 9.62. The lowest BCUT2D eigenvalue weighted by Crippen LogP contribution is -2.16. The van der Waals surface area contributed by atoms with Gasteiger partial charge in [-0.25, -0.2) is 13.8 Å². The van der Waals surface area contributed by atoms with E-state index in [0.29, 0.717) is 41.7 Å². The fourth-order valence-corrected chi connectivity index (χ4v) is 4.38. The Morgan fingerprint density at radius 1 is 0.917 bits per heavy atom. The van der Waals surface area contributed by atoms with Gasteiger partial charge < -0.3 is 25.8 Å². The van der Waals surface area contributed by atoms with Crippen molar-refractivity contribution in [3.8, 4) is 11.5 Å². The minimum Gasteiger partial charge on any atom is -0.486 e. The summed E-state index contributed by atoms with van der Waals surface area (Å²) in [6, 6.07) is 14.8. The highest BCUT2D eigenvalue weighted by atomic mass is 32.1. The molecule has 1 aliphatic rings. The molecule has 11 heteroatoms. The number of nitrogens with one attached hydrogen (secondary N) is 2. The SMILES string of the molecule is Nc1nc(Nc2ccc(C(=O)Nc3ccc4c(c3)OCCO4)cc2)sc1C(=O)c1c(F)cccc1F. The van der Waals surface area contributed by atoms with Crippen LogP contribution in [0.4, 0.5) is 31.1 Å². The number of fused-ring (bicyclic) bond motifs is 1. The maximum atomic E-state index is 14.0. The fraction of sp³-hybridized carbons (Fsp3) is 0.0800. The van der Waals surface area contributed by atoms with Crippen LogP contribution < -0.4 is 25.8 Å². The quantitative estimate of drug-likeness (QED) is 0.314. The molecule has 8 nitrogen and oxygen atoms in total. The van der Waals surface area contributed by atoms with Crippen LogP contribution in [0.5, 0.6) is 11.5 Å². The highest BCUT2D eigenvalue weighted by Crippen LogP contribution is 2.33. The summed E-state index contributed by atoms with van der Waals surface area (Å²) in [6.45, 7) is 0.924. The number of carbonyl (C=O) groups is 2. The Kier molecular flexibility index (Phi) is 6.21. The Hall–Kier alpha value is -4.51. The number of anilines is 4. The lowest BCUT2D eigenvalue weighted by atomic mass is 10.1. The molecule has 0 bridgehead atoms. The number of amides is 1. The normalized spacial score (nSPS) is 12.2. The Balaban J connectivity index is 1.27. The monoisotopic (exact) mass is 508 g/mol. The Morgan fingerprint density at radius 2 is 1.58 bits per heavy atom. The summed E-state index contributed by atoms with van der Waals surface area (Å²) in [5, 5.41) is 6.03. The Morgan fingerprint density at radius 3 is 2.31 bits per heavy atom. The number of ether oxygens (including phenoxy) is 2. The van der Waals surface area contributed by atoms with E-state index in [1.54, 1.807) is 42.5 Å². The summed E-state index contributed by atoms with van der Waals surface area (Å²) in [4.78, 5) is 29.3. The van der Waals surface area contributed by atoms with E-state index in [4.69, 9.17) is 15.2 Å². The minimum absolute atomic E-state index is 0.0862. The van der Waals surface area contributed by atoms with Gasteiger partial charge in [0.1, 0.15) is 35.5 Å². The molecule has 0 atom stereocenters. The predicted octanol–water partition coefficient (Wildman–Crippen LogP) is 5.00. The van der Waals surface area contributed by atoms with Crippen LogP contribution in [-0.2, 0) is 0 Å². The molecule has 4 aromatic rings. The maximum absolute atomic E-state index is 14.0. The van der Waals surface area contributed by atoms with Crippen LogP contribution >= 0.6 is 11.3 Å². The van der Waals surface area contributed by atoms with Gasteiger partial charge in [-0.1, -0.05) is 17.4 Å². The van der Waals surface area contributed by atoms with Crippen LogP contribution in [0.1, 0.15) is 25.6 Å². The van der Waals surface area contributed by atoms with Gasteiger partial charge in [-0.3, -0.25) is 9.59 Å². The van der Waals surface area contributed by atoms with Crippen LogP contribution in [0, 0.1) is 11.6 Å². The number of nitrogen functional groups attached to an aromatic ring is 1. The van der Waals surface area contributed by atoms with E-state index >= 15 is 0 Å². The van der Waals surface area contributed by atoms with Gasteiger partial charge in [0.25, 0.3) is 5.91 Å². The van der Waals surface area contributed by atoms with Crippen molar-refractivity contribution >= 4 is 45.4 Å². The molecular weight excluding hydrogens is 490 g/mol. The number of aromatic nitrogens is 1. The summed E-state index contributed by atoms with van der Waals surface area (Å²) in [5.41, 5.74) is 6.68. The van der Waals surface area contributed by atoms with Crippen molar-refractivity contribution in [2.75, 3.05) is 29.6 Å². The topological polar surface area (TPSA) is 116 Å². The average Bonchev–Trinajstić information content (AvgIpc) is 3.24. The minimum atomic E-state index is -0.979. The highest BCUT2D eigenvalue weighted by Gasteiger charge is 2.24. The van der Waals surface area contributed by atoms with Crippen LogP contribution in [0.15, 0.2) is 60.7 Å². The van der Waals surface area contributed by atoms with Crippen LogP contribution in [0.25, 0.3) is 0 Å². The first-order valence-electron chi connectivity index (χ1n) is 10.7. The molecule has 1 aromatic heterocycles. The number of carbonyl (C=O) groups excluding carboxylic acids is 2. The van der Waals surface area contributed by atoms with E-state index in [0.717, 1.165) is 23.5 Å². The van der Waals surface area contributed by atoms with Gasteiger partial charge in [0.15, 0.2) is 16.6 Å². The molecule has 0 saturated carbocycles. The molecule has 36 heavy (non-hydrogen) atoms. The van der Waals surface area contributed by atoms with E-state index in [2.05, 4.69) is 15.6 Å². The van der Waals surface area contributed by atoms with Crippen molar-refractivity contribution in [1.29, 1.82) is 0 Å². The van der Waals surface area contributed by atoms with Crippen molar-refractivity contribution < 1.29 is 27.8 Å². The standard InChI is InChI=1S/C25H18F2N4O4S/c26-16-2-1-3-17(27)20(16)21(32)22-23(28)31-25(36-22)30-14-6-4-13(5-7-14)24(33)29-15-8-9-18-19(12-15)35-11-10-34-18/h1-9,12H,10-11,28H2,(H,29,33)(H,30,31). The number of halogens is 2. The molecule has 5 rings (SSSR count). The molecular formula is C25H18F2N4O4S. The number of rotatable bonds is 6. The van der Waals surface area contributed by atoms with Crippen LogP contribution in [0.2, 0.25) is 0 Å². The Labute approximate surface area is 207 Å². The maximum Gasteiger partial charge on any atom is 0.255 e. The molecule has 0 spiro atoms. The summed E-state index contributed by atoms with van der Waals surface area (Å²) < 4.78 is 39.0. The molecule has 2 heterocycles. The van der Waals surface area contributed by atoms with E-state index < -0.39 is 23.0 Å². The van der Waals surface area contributed by atoms with Gasteiger partial charge in [-0.05, 0) is 48.5 Å². The number of thiazole rings is 1. The molecule has 3 aromatic carbocycles. The number of nitrogens with two attached hydrogens (primary N) is 1. The van der Waals surface area contributed by atoms with Crippen molar-refractivity contribution in [2.24, 2.45) is 0 Å². The fourth-order valence-electron chi connectivity index (χ4n) is 3.53. The summed E-state index contributed by atoms with van der Waals surface area (Å²) in [5.74, 6) is -2.12. The van der Waals surface area contributed by atoms with E-state index in [9.17, 15) is 18.4 Å². The molecule has 0 saturated heterocycles. The number of benzene rings is 3. The lowest BCUT2D eigenvalue weighted by Gasteiger charge is -2.19. The Bertz CT molecular complexity index is 1450. The predicted molar refractivity (Wildman–Crippen MR) is 131 cm³/mol. The summed E-state index contributed by atoms with van der Waals surface area (Å²) in [7, 11) is 0. The number of hydrogen-bond donors (Lipinski definition) is 3. The first-order valence-corrected chi connectivity index (χ1v) is 11.5. The average molecular weight is 509 g/mol.